The molecule has 2 aromatic rings. The van der Waals surface area contributed by atoms with Crippen molar-refractivity contribution in [2.75, 3.05) is 17.3 Å². The van der Waals surface area contributed by atoms with Gasteiger partial charge in [0.1, 0.15) is 5.82 Å². The zero-order valence-corrected chi connectivity index (χ0v) is 10.9. The number of pyridine rings is 1. The van der Waals surface area contributed by atoms with Gasteiger partial charge >= 0.3 is 6.18 Å². The summed E-state index contributed by atoms with van der Waals surface area (Å²) in [5.41, 5.74) is 1.78. The molecule has 0 fully saturated rings. The summed E-state index contributed by atoms with van der Waals surface area (Å²) in [5.74, 6) is 4.81. The molecule has 2 aromatic heterocycles. The first-order valence-corrected chi connectivity index (χ1v) is 6.05. The van der Waals surface area contributed by atoms with Gasteiger partial charge in [0.25, 0.3) is 0 Å². The molecule has 0 atom stereocenters. The fourth-order valence-electron chi connectivity index (χ4n) is 1.61. The molecule has 0 aliphatic carbocycles. The Balaban J connectivity index is 2.05. The van der Waals surface area contributed by atoms with Gasteiger partial charge in [-0.25, -0.2) is 10.8 Å². The van der Waals surface area contributed by atoms with Gasteiger partial charge in [-0.2, -0.15) is 18.2 Å². The van der Waals surface area contributed by atoms with Crippen molar-refractivity contribution in [2.24, 2.45) is 5.84 Å². The molecule has 4 N–H and O–H groups in total. The molecule has 9 heteroatoms. The lowest BCUT2D eigenvalue weighted by Crippen LogP contribution is -2.17. The molecule has 0 saturated heterocycles. The number of alkyl halides is 3. The first kappa shape index (κ1) is 15.0. The maximum absolute atomic E-state index is 12.7. The molecule has 2 rings (SSSR count). The average Bonchev–Trinajstić information content (AvgIpc) is 2.47. The lowest BCUT2D eigenvalue weighted by Gasteiger charge is -2.11. The standard InChI is InChI=1S/C12H13F3N6/c13-12(14,15)9-7-10(20-11(19-9)21-16)18-6-4-8-3-1-2-5-17-8/h1-3,5,7H,4,6,16H2,(H2,18,19,20,21). The second kappa shape index (κ2) is 6.35. The van der Waals surface area contributed by atoms with Gasteiger partial charge in [0.15, 0.2) is 5.69 Å². The number of hydrazine groups is 1. The summed E-state index contributed by atoms with van der Waals surface area (Å²) in [4.78, 5) is 11.2. The highest BCUT2D eigenvalue weighted by molar-refractivity contribution is 5.42. The van der Waals surface area contributed by atoms with Crippen LogP contribution in [-0.2, 0) is 12.6 Å². The van der Waals surface area contributed by atoms with Gasteiger partial charge in [0.2, 0.25) is 5.95 Å². The van der Waals surface area contributed by atoms with Crippen molar-refractivity contribution in [1.82, 2.24) is 15.0 Å². The van der Waals surface area contributed by atoms with E-state index in [0.717, 1.165) is 11.8 Å². The highest BCUT2D eigenvalue weighted by Crippen LogP contribution is 2.29. The van der Waals surface area contributed by atoms with Crippen LogP contribution in [0.2, 0.25) is 0 Å². The minimum atomic E-state index is -4.56. The first-order chi connectivity index (χ1) is 9.99. The van der Waals surface area contributed by atoms with E-state index in [9.17, 15) is 13.2 Å². The third-order valence-corrected chi connectivity index (χ3v) is 2.56. The Morgan fingerprint density at radius 1 is 1.19 bits per heavy atom. The van der Waals surface area contributed by atoms with Gasteiger partial charge in [0, 0.05) is 30.9 Å². The molecule has 0 bridgehead atoms. The smallest absolute Gasteiger partial charge is 0.370 e. The molecule has 0 aliphatic heterocycles. The number of anilines is 2. The summed E-state index contributed by atoms with van der Waals surface area (Å²) in [5, 5.41) is 2.79. The van der Waals surface area contributed by atoms with E-state index in [2.05, 4.69) is 20.3 Å². The number of nitrogen functional groups attached to an aromatic ring is 1. The summed E-state index contributed by atoms with van der Waals surface area (Å²) in [6, 6.07) is 6.29. The largest absolute Gasteiger partial charge is 0.433 e. The van der Waals surface area contributed by atoms with E-state index in [4.69, 9.17) is 5.84 Å². The maximum Gasteiger partial charge on any atom is 0.433 e. The Morgan fingerprint density at radius 3 is 2.62 bits per heavy atom. The van der Waals surface area contributed by atoms with Gasteiger partial charge in [-0.1, -0.05) is 6.07 Å². The zero-order valence-electron chi connectivity index (χ0n) is 10.9. The molecule has 0 spiro atoms. The van der Waals surface area contributed by atoms with E-state index in [1.54, 1.807) is 12.3 Å². The van der Waals surface area contributed by atoms with Crippen LogP contribution in [0.25, 0.3) is 0 Å². The minimum Gasteiger partial charge on any atom is -0.370 e. The van der Waals surface area contributed by atoms with Gasteiger partial charge < -0.3 is 5.32 Å². The van der Waals surface area contributed by atoms with Crippen molar-refractivity contribution in [1.29, 1.82) is 0 Å². The van der Waals surface area contributed by atoms with E-state index in [1.807, 2.05) is 17.6 Å². The number of nitrogens with one attached hydrogen (secondary N) is 2. The highest BCUT2D eigenvalue weighted by Gasteiger charge is 2.33. The van der Waals surface area contributed by atoms with Gasteiger partial charge in [-0.3, -0.25) is 10.4 Å². The topological polar surface area (TPSA) is 88.8 Å². The van der Waals surface area contributed by atoms with Crippen molar-refractivity contribution < 1.29 is 13.2 Å². The molecule has 21 heavy (non-hydrogen) atoms. The Labute approximate surface area is 118 Å². The van der Waals surface area contributed by atoms with Crippen LogP contribution in [0.4, 0.5) is 24.9 Å². The molecule has 6 nitrogen and oxygen atoms in total. The fraction of sp³-hybridized carbons (Fsp3) is 0.250. The number of nitrogens with two attached hydrogens (primary N) is 1. The predicted octanol–water partition coefficient (Wildman–Crippen LogP) is 1.83. The lowest BCUT2D eigenvalue weighted by molar-refractivity contribution is -0.141. The number of rotatable bonds is 5. The van der Waals surface area contributed by atoms with Crippen molar-refractivity contribution in [3.63, 3.8) is 0 Å². The number of hydrogen-bond acceptors (Lipinski definition) is 6. The van der Waals surface area contributed by atoms with E-state index in [-0.39, 0.29) is 11.8 Å². The molecule has 0 aromatic carbocycles. The molecular formula is C12H13F3N6. The van der Waals surface area contributed by atoms with E-state index >= 15 is 0 Å². The minimum absolute atomic E-state index is 0.0428. The lowest BCUT2D eigenvalue weighted by atomic mass is 10.2. The number of hydrogen-bond donors (Lipinski definition) is 3. The Kier molecular flexibility index (Phi) is 4.53. The van der Waals surface area contributed by atoms with E-state index in [0.29, 0.717) is 13.0 Å². The highest BCUT2D eigenvalue weighted by atomic mass is 19.4. The van der Waals surface area contributed by atoms with Crippen LogP contribution in [0.15, 0.2) is 30.5 Å². The van der Waals surface area contributed by atoms with Crippen LogP contribution in [-0.4, -0.2) is 21.5 Å². The molecule has 0 aliphatic rings. The van der Waals surface area contributed by atoms with Crippen molar-refractivity contribution in [2.45, 2.75) is 12.6 Å². The SMILES string of the molecule is NNc1nc(NCCc2ccccn2)cc(C(F)(F)F)n1. The van der Waals surface area contributed by atoms with E-state index in [1.165, 1.54) is 0 Å². The summed E-state index contributed by atoms with van der Waals surface area (Å²) in [6.07, 6.45) is -2.36. The second-order valence-corrected chi connectivity index (χ2v) is 4.10. The van der Waals surface area contributed by atoms with Crippen molar-refractivity contribution >= 4 is 11.8 Å². The quantitative estimate of drug-likeness (QED) is 0.576. The average molecular weight is 298 g/mol. The summed E-state index contributed by atoms with van der Waals surface area (Å²) in [7, 11) is 0. The first-order valence-electron chi connectivity index (χ1n) is 6.05. The molecule has 0 saturated carbocycles. The molecule has 0 radical (unpaired) electrons. The molecule has 2 heterocycles. The van der Waals surface area contributed by atoms with Crippen molar-refractivity contribution in [3.05, 3.63) is 41.9 Å². The van der Waals surface area contributed by atoms with Gasteiger partial charge in [-0.05, 0) is 12.1 Å². The maximum atomic E-state index is 12.7. The predicted molar refractivity (Wildman–Crippen MR) is 71.3 cm³/mol. The van der Waals surface area contributed by atoms with Crippen LogP contribution in [0.5, 0.6) is 0 Å². The normalized spacial score (nSPS) is 11.2. The fourth-order valence-corrected chi connectivity index (χ4v) is 1.61. The van der Waals surface area contributed by atoms with Crippen LogP contribution in [0, 0.1) is 0 Å². The number of halogens is 3. The summed E-state index contributed by atoms with van der Waals surface area (Å²) in [6.45, 7) is 0.384. The summed E-state index contributed by atoms with van der Waals surface area (Å²) < 4.78 is 38.0. The monoisotopic (exact) mass is 298 g/mol. The Bertz CT molecular complexity index is 587. The number of nitrogens with zero attached hydrogens (tertiary/aromatic N) is 3. The van der Waals surface area contributed by atoms with Crippen LogP contribution in [0.1, 0.15) is 11.4 Å². The molecule has 0 amide bonds. The number of aromatic nitrogens is 3. The van der Waals surface area contributed by atoms with Gasteiger partial charge in [-0.15, -0.1) is 0 Å². The van der Waals surface area contributed by atoms with Crippen LogP contribution in [0.3, 0.4) is 0 Å². The third kappa shape index (κ3) is 4.28. The molecule has 112 valence electrons. The zero-order chi connectivity index (χ0) is 15.3. The van der Waals surface area contributed by atoms with Gasteiger partial charge in [0.05, 0.1) is 0 Å². The third-order valence-electron chi connectivity index (χ3n) is 2.56. The molecular weight excluding hydrogens is 285 g/mol. The van der Waals surface area contributed by atoms with Crippen LogP contribution < -0.4 is 16.6 Å². The Hall–Kier alpha value is -2.42. The van der Waals surface area contributed by atoms with Crippen molar-refractivity contribution in [3.8, 4) is 0 Å². The second-order valence-electron chi connectivity index (χ2n) is 4.10. The van der Waals surface area contributed by atoms with Crippen LogP contribution >= 0.6 is 0 Å². The van der Waals surface area contributed by atoms with E-state index < -0.39 is 11.9 Å². The summed E-state index contributed by atoms with van der Waals surface area (Å²) >= 11 is 0. The Morgan fingerprint density at radius 2 is 2.00 bits per heavy atom. The molecule has 0 unspecified atom stereocenters.